The number of hydrogen-bond donors (Lipinski definition) is 2. The van der Waals surface area contributed by atoms with Gasteiger partial charge in [-0.25, -0.2) is 0 Å². The Morgan fingerprint density at radius 1 is 1.33 bits per heavy atom. The fourth-order valence-corrected chi connectivity index (χ4v) is 6.15. The molecule has 1 aromatic heterocycles. The summed E-state index contributed by atoms with van der Waals surface area (Å²) in [7, 11) is 0. The topological polar surface area (TPSA) is 50.9 Å². The van der Waals surface area contributed by atoms with Gasteiger partial charge in [0.25, 0.3) is 0 Å². The molecule has 0 saturated carbocycles. The Labute approximate surface area is 134 Å². The van der Waals surface area contributed by atoms with Gasteiger partial charge in [0.2, 0.25) is 0 Å². The molecule has 3 unspecified atom stereocenters. The highest BCUT2D eigenvalue weighted by Gasteiger charge is 2.32. The molecule has 3 rings (SSSR count). The number of pyridine rings is 1. The van der Waals surface area contributed by atoms with Crippen LogP contribution in [0.2, 0.25) is 0 Å². The molecular formula is C16H21N3S2. The summed E-state index contributed by atoms with van der Waals surface area (Å²) in [5.74, 6) is 8.36. The lowest BCUT2D eigenvalue weighted by Gasteiger charge is -2.35. The molecule has 5 heteroatoms. The van der Waals surface area contributed by atoms with E-state index in [0.29, 0.717) is 10.5 Å². The first-order valence-corrected chi connectivity index (χ1v) is 9.47. The van der Waals surface area contributed by atoms with Gasteiger partial charge < -0.3 is 0 Å². The Morgan fingerprint density at radius 2 is 2.19 bits per heavy atom. The van der Waals surface area contributed by atoms with Crippen LogP contribution in [-0.2, 0) is 0 Å². The summed E-state index contributed by atoms with van der Waals surface area (Å²) < 4.78 is 0. The van der Waals surface area contributed by atoms with E-state index in [4.69, 9.17) is 5.84 Å². The second-order valence-electron chi connectivity index (χ2n) is 5.25. The highest BCUT2D eigenvalue weighted by atomic mass is 32.2. The minimum atomic E-state index is 0.192. The number of hydrogen-bond acceptors (Lipinski definition) is 5. The number of nitrogens with one attached hydrogen (secondary N) is 1. The Balaban J connectivity index is 1.93. The van der Waals surface area contributed by atoms with Crippen molar-refractivity contribution in [2.75, 3.05) is 11.5 Å². The second kappa shape index (κ2) is 7.01. The van der Waals surface area contributed by atoms with E-state index in [0.717, 1.165) is 5.52 Å². The van der Waals surface area contributed by atoms with E-state index in [1.54, 1.807) is 0 Å². The van der Waals surface area contributed by atoms with Crippen molar-refractivity contribution in [2.24, 2.45) is 5.84 Å². The predicted octanol–water partition coefficient (Wildman–Crippen LogP) is 3.37. The maximum absolute atomic E-state index is 5.91. The first-order chi connectivity index (χ1) is 10.3. The van der Waals surface area contributed by atoms with Crippen molar-refractivity contribution < 1.29 is 0 Å². The van der Waals surface area contributed by atoms with Crippen LogP contribution >= 0.6 is 23.5 Å². The highest BCUT2D eigenvalue weighted by molar-refractivity contribution is 8.07. The third kappa shape index (κ3) is 3.21. The van der Waals surface area contributed by atoms with Crippen LogP contribution in [0.3, 0.4) is 0 Å². The second-order valence-corrected chi connectivity index (χ2v) is 7.89. The van der Waals surface area contributed by atoms with Gasteiger partial charge in [0.15, 0.2) is 0 Å². The lowest BCUT2D eigenvalue weighted by molar-refractivity contribution is 0.514. The number of rotatable bonds is 4. The van der Waals surface area contributed by atoms with Gasteiger partial charge in [0.1, 0.15) is 0 Å². The van der Waals surface area contributed by atoms with E-state index in [2.05, 4.69) is 53.4 Å². The van der Waals surface area contributed by atoms with E-state index >= 15 is 0 Å². The number of aromatic nitrogens is 1. The van der Waals surface area contributed by atoms with Crippen molar-refractivity contribution in [1.29, 1.82) is 0 Å². The zero-order valence-corrected chi connectivity index (χ0v) is 13.8. The predicted molar refractivity (Wildman–Crippen MR) is 94.6 cm³/mol. The summed E-state index contributed by atoms with van der Waals surface area (Å²) in [6.07, 6.45) is 3.02. The normalized spacial score (nSPS) is 24.1. The summed E-state index contributed by atoms with van der Waals surface area (Å²) in [5, 5.41) is 2.36. The van der Waals surface area contributed by atoms with Crippen molar-refractivity contribution in [3.63, 3.8) is 0 Å². The Morgan fingerprint density at radius 3 is 3.00 bits per heavy atom. The molecule has 21 heavy (non-hydrogen) atoms. The Kier molecular flexibility index (Phi) is 5.06. The lowest BCUT2D eigenvalue weighted by atomic mass is 9.99. The minimum absolute atomic E-state index is 0.192. The monoisotopic (exact) mass is 319 g/mol. The van der Waals surface area contributed by atoms with Crippen molar-refractivity contribution >= 4 is 34.4 Å². The number of fused-ring (bicyclic) bond motifs is 1. The Bertz CT molecular complexity index is 605. The zero-order valence-electron chi connectivity index (χ0n) is 12.2. The summed E-state index contributed by atoms with van der Waals surface area (Å²) in [6, 6.07) is 10.8. The molecule has 1 fully saturated rings. The van der Waals surface area contributed by atoms with Gasteiger partial charge >= 0.3 is 0 Å². The molecule has 1 saturated heterocycles. The summed E-state index contributed by atoms with van der Waals surface area (Å²) in [6.45, 7) is 2.27. The average Bonchev–Trinajstić information content (AvgIpc) is 2.56. The first-order valence-electron chi connectivity index (χ1n) is 7.37. The number of hydrazine groups is 1. The van der Waals surface area contributed by atoms with E-state index in [9.17, 15) is 0 Å². The van der Waals surface area contributed by atoms with Gasteiger partial charge in [-0.05, 0) is 30.2 Å². The van der Waals surface area contributed by atoms with Gasteiger partial charge in [-0.2, -0.15) is 23.5 Å². The third-order valence-electron chi connectivity index (χ3n) is 3.99. The molecule has 112 valence electrons. The van der Waals surface area contributed by atoms with Crippen LogP contribution in [0.1, 0.15) is 24.9 Å². The van der Waals surface area contributed by atoms with E-state index < -0.39 is 0 Å². The van der Waals surface area contributed by atoms with Gasteiger partial charge in [0, 0.05) is 33.6 Å². The third-order valence-corrected chi connectivity index (χ3v) is 7.34. The molecule has 3 nitrogen and oxygen atoms in total. The molecule has 1 aromatic carbocycles. The molecule has 1 aliphatic rings. The zero-order chi connectivity index (χ0) is 14.7. The van der Waals surface area contributed by atoms with Crippen molar-refractivity contribution in [3.05, 3.63) is 42.1 Å². The average molecular weight is 319 g/mol. The molecule has 0 bridgehead atoms. The molecule has 0 amide bonds. The Hall–Kier alpha value is -0.750. The maximum atomic E-state index is 5.91. The minimum Gasteiger partial charge on any atom is -0.271 e. The molecular weight excluding hydrogens is 298 g/mol. The highest BCUT2D eigenvalue weighted by Crippen LogP contribution is 2.40. The van der Waals surface area contributed by atoms with Crippen LogP contribution < -0.4 is 11.3 Å². The quantitative estimate of drug-likeness (QED) is 0.668. The summed E-state index contributed by atoms with van der Waals surface area (Å²) in [4.78, 5) is 4.39. The lowest BCUT2D eigenvalue weighted by Crippen LogP contribution is -2.41. The molecule has 1 aliphatic heterocycles. The number of benzene rings is 1. The van der Waals surface area contributed by atoms with E-state index in [-0.39, 0.29) is 6.04 Å². The first kappa shape index (κ1) is 15.2. The number of nitrogens with zero attached hydrogens (tertiary/aromatic N) is 1. The fourth-order valence-electron chi connectivity index (χ4n) is 2.92. The van der Waals surface area contributed by atoms with Crippen LogP contribution in [0.5, 0.6) is 0 Å². The fraction of sp³-hybridized carbons (Fsp3) is 0.438. The molecule has 3 N–H and O–H groups in total. The number of nitrogens with two attached hydrogens (primary N) is 1. The van der Waals surface area contributed by atoms with E-state index in [1.807, 2.05) is 24.0 Å². The van der Waals surface area contributed by atoms with E-state index in [1.165, 1.54) is 28.9 Å². The summed E-state index contributed by atoms with van der Waals surface area (Å²) in [5.41, 5.74) is 5.36. The van der Waals surface area contributed by atoms with Gasteiger partial charge in [-0.15, -0.1) is 0 Å². The molecule has 2 heterocycles. The van der Waals surface area contributed by atoms with Crippen LogP contribution in [0, 0.1) is 0 Å². The van der Waals surface area contributed by atoms with Crippen LogP contribution in [0.25, 0.3) is 10.9 Å². The van der Waals surface area contributed by atoms with Crippen LogP contribution in [0.4, 0.5) is 0 Å². The maximum Gasteiger partial charge on any atom is 0.0702 e. The van der Waals surface area contributed by atoms with Crippen molar-refractivity contribution in [1.82, 2.24) is 10.4 Å². The smallest absolute Gasteiger partial charge is 0.0702 e. The van der Waals surface area contributed by atoms with Crippen LogP contribution in [-0.4, -0.2) is 27.0 Å². The molecule has 0 aliphatic carbocycles. The molecule has 3 atom stereocenters. The molecule has 0 radical (unpaired) electrons. The molecule has 0 spiro atoms. The van der Waals surface area contributed by atoms with Gasteiger partial charge in [-0.1, -0.05) is 19.1 Å². The SMILES string of the molecule is CCC1SCCSC1C(NN)c1ccc2ncccc2c1. The molecule has 2 aromatic rings. The standard InChI is InChI=1S/C16H21N3S2/c1-2-14-16(21-9-8-20-14)15(19-17)12-5-6-13-11(10-12)4-3-7-18-13/h3-7,10,14-16,19H,2,8-9,17H2,1H3. The largest absolute Gasteiger partial charge is 0.271 e. The summed E-state index contributed by atoms with van der Waals surface area (Å²) >= 11 is 4.13. The van der Waals surface area contributed by atoms with Gasteiger partial charge in [-0.3, -0.25) is 16.3 Å². The van der Waals surface area contributed by atoms with Crippen LogP contribution in [0.15, 0.2) is 36.5 Å². The van der Waals surface area contributed by atoms with Gasteiger partial charge in [0.05, 0.1) is 11.6 Å². The van der Waals surface area contributed by atoms with Crippen molar-refractivity contribution in [2.45, 2.75) is 29.9 Å². The van der Waals surface area contributed by atoms with Crippen molar-refractivity contribution in [3.8, 4) is 0 Å². The number of thioether (sulfide) groups is 2.